The summed E-state index contributed by atoms with van der Waals surface area (Å²) in [5, 5.41) is 5.28. The van der Waals surface area contributed by atoms with E-state index < -0.39 is 5.60 Å². The Morgan fingerprint density at radius 2 is 1.67 bits per heavy atom. The molecule has 5 nitrogen and oxygen atoms in total. The number of methoxy groups -OCH3 is 1. The molecule has 1 aliphatic rings. The normalized spacial score (nSPS) is 16.1. The lowest BCUT2D eigenvalue weighted by Gasteiger charge is -2.38. The van der Waals surface area contributed by atoms with Crippen LogP contribution in [0.1, 0.15) is 31.9 Å². The molecule has 2 aromatic heterocycles. The molecule has 8 heteroatoms. The Kier molecular flexibility index (Phi) is 6.73. The quantitative estimate of drug-likeness (QED) is 0.275. The highest BCUT2D eigenvalue weighted by atomic mass is 35.5. The van der Waals surface area contributed by atoms with E-state index in [2.05, 4.69) is 16.4 Å². The van der Waals surface area contributed by atoms with Gasteiger partial charge in [0.25, 0.3) is 0 Å². The van der Waals surface area contributed by atoms with E-state index in [9.17, 15) is 0 Å². The average molecular weight is 541 g/mol. The molecule has 4 aromatic rings. The van der Waals surface area contributed by atoms with Crippen LogP contribution in [0.5, 0.6) is 11.8 Å². The monoisotopic (exact) mass is 539 g/mol. The van der Waals surface area contributed by atoms with Gasteiger partial charge in [-0.25, -0.2) is 4.98 Å². The van der Waals surface area contributed by atoms with Crippen LogP contribution in [0.4, 0.5) is 5.82 Å². The van der Waals surface area contributed by atoms with E-state index in [-0.39, 0.29) is 6.04 Å². The summed E-state index contributed by atoms with van der Waals surface area (Å²) in [6.07, 6.45) is 0.710. The van der Waals surface area contributed by atoms with Crippen molar-refractivity contribution in [3.05, 3.63) is 87.4 Å². The van der Waals surface area contributed by atoms with Gasteiger partial charge in [0.05, 0.1) is 23.9 Å². The lowest BCUT2D eigenvalue weighted by atomic mass is 9.88. The highest BCUT2D eigenvalue weighted by Gasteiger charge is 2.36. The third kappa shape index (κ3) is 5.10. The first-order chi connectivity index (χ1) is 17.2. The van der Waals surface area contributed by atoms with Crippen molar-refractivity contribution in [2.45, 2.75) is 31.9 Å². The number of hydrogen-bond donors (Lipinski definition) is 1. The van der Waals surface area contributed by atoms with Crippen molar-refractivity contribution in [2.24, 2.45) is 0 Å². The summed E-state index contributed by atoms with van der Waals surface area (Å²) in [6.45, 7) is 4.10. The molecule has 1 aliphatic heterocycles. The Bertz CT molecular complexity index is 1420. The van der Waals surface area contributed by atoms with Gasteiger partial charge in [-0.1, -0.05) is 53.0 Å². The molecule has 184 valence electrons. The molecule has 0 fully saturated rings. The van der Waals surface area contributed by atoms with Crippen molar-refractivity contribution in [3.8, 4) is 34.1 Å². The molecule has 0 unspecified atom stereocenters. The summed E-state index contributed by atoms with van der Waals surface area (Å²) in [5.41, 5.74) is 3.80. The van der Waals surface area contributed by atoms with E-state index in [4.69, 9.17) is 49.3 Å². The van der Waals surface area contributed by atoms with E-state index in [1.165, 1.54) is 0 Å². The summed E-state index contributed by atoms with van der Waals surface area (Å²) in [4.78, 5) is 9.57. The lowest BCUT2D eigenvalue weighted by Crippen LogP contribution is -2.37. The third-order valence-electron chi connectivity index (χ3n) is 6.06. The van der Waals surface area contributed by atoms with Gasteiger partial charge in [-0.3, -0.25) is 0 Å². The first-order valence-corrected chi connectivity index (χ1v) is 12.6. The number of aromatic nitrogens is 2. The number of fused-ring (bicyclic) bond motifs is 1. The van der Waals surface area contributed by atoms with Crippen molar-refractivity contribution in [1.29, 1.82) is 0 Å². The fourth-order valence-electron chi connectivity index (χ4n) is 4.40. The molecule has 0 saturated heterocycles. The number of benzene rings is 2. The number of hydrogen-bond acceptors (Lipinski definition) is 5. The van der Waals surface area contributed by atoms with Gasteiger partial charge in [-0.2, -0.15) is 4.98 Å². The predicted molar refractivity (Wildman–Crippen MR) is 147 cm³/mol. The first-order valence-electron chi connectivity index (χ1n) is 11.5. The fourth-order valence-corrected chi connectivity index (χ4v) is 5.02. The van der Waals surface area contributed by atoms with Gasteiger partial charge in [0.2, 0.25) is 11.8 Å². The maximum Gasteiger partial charge on any atom is 0.219 e. The van der Waals surface area contributed by atoms with Crippen molar-refractivity contribution in [3.63, 3.8) is 0 Å². The molecule has 36 heavy (non-hydrogen) atoms. The van der Waals surface area contributed by atoms with Crippen LogP contribution in [-0.4, -0.2) is 22.7 Å². The topological polar surface area (TPSA) is 56.3 Å². The number of halogens is 3. The standard InChI is InChI=1S/C28H24Cl3N3O2/c1-28(2)15-23(32-24-5-4-6-25(33-24)35-3)21-14-20(16-7-9-17(29)10-8-16)26(34-27(21)36-28)19-12-11-18(30)13-22(19)31/h4-14,23H,15H2,1-3H3,(H,32,33)/t23-/m1/s1. The fraction of sp³-hybridized carbons (Fsp3) is 0.214. The summed E-state index contributed by atoms with van der Waals surface area (Å²) in [5.74, 6) is 1.80. The molecular formula is C28H24Cl3N3O2. The largest absolute Gasteiger partial charge is 0.481 e. The molecule has 0 saturated carbocycles. The van der Waals surface area contributed by atoms with E-state index in [0.29, 0.717) is 44.8 Å². The van der Waals surface area contributed by atoms with Crippen molar-refractivity contribution in [1.82, 2.24) is 9.97 Å². The minimum absolute atomic E-state index is 0.100. The Hall–Kier alpha value is -2.99. The van der Waals surface area contributed by atoms with Gasteiger partial charge in [-0.05, 0) is 61.9 Å². The van der Waals surface area contributed by atoms with Crippen LogP contribution in [0.3, 0.4) is 0 Å². The average Bonchev–Trinajstić information content (AvgIpc) is 2.83. The van der Waals surface area contributed by atoms with E-state index in [0.717, 1.165) is 22.3 Å². The number of rotatable bonds is 5. The highest BCUT2D eigenvalue weighted by Crippen LogP contribution is 2.45. The zero-order valence-corrected chi connectivity index (χ0v) is 22.2. The van der Waals surface area contributed by atoms with Crippen molar-refractivity contribution in [2.75, 3.05) is 12.4 Å². The molecule has 2 aromatic carbocycles. The van der Waals surface area contributed by atoms with Gasteiger partial charge in [0.15, 0.2) is 0 Å². The van der Waals surface area contributed by atoms with Gasteiger partial charge in [-0.15, -0.1) is 0 Å². The molecular weight excluding hydrogens is 517 g/mol. The van der Waals surface area contributed by atoms with Crippen LogP contribution < -0.4 is 14.8 Å². The molecule has 0 aliphatic carbocycles. The van der Waals surface area contributed by atoms with Crippen molar-refractivity contribution >= 4 is 40.6 Å². The van der Waals surface area contributed by atoms with Gasteiger partial charge >= 0.3 is 0 Å². The van der Waals surface area contributed by atoms with Crippen LogP contribution in [-0.2, 0) is 0 Å². The number of ether oxygens (including phenoxy) is 2. The molecule has 1 atom stereocenters. The Balaban J connectivity index is 1.68. The minimum atomic E-state index is -0.459. The zero-order valence-electron chi connectivity index (χ0n) is 20.0. The Morgan fingerprint density at radius 1 is 0.917 bits per heavy atom. The summed E-state index contributed by atoms with van der Waals surface area (Å²) < 4.78 is 11.7. The molecule has 0 spiro atoms. The van der Waals surface area contributed by atoms with Crippen LogP contribution in [0.25, 0.3) is 22.4 Å². The summed E-state index contributed by atoms with van der Waals surface area (Å²) in [6, 6.07) is 20.7. The number of pyridine rings is 2. The maximum atomic E-state index is 6.63. The SMILES string of the molecule is COc1cccc(N[C@@H]2CC(C)(C)Oc3nc(-c4ccc(Cl)cc4Cl)c(-c4ccc(Cl)cc4)cc32)n1. The van der Waals surface area contributed by atoms with E-state index in [1.807, 2.05) is 62.4 Å². The van der Waals surface area contributed by atoms with Gasteiger partial charge in [0, 0.05) is 39.2 Å². The molecule has 0 amide bonds. The Morgan fingerprint density at radius 3 is 2.39 bits per heavy atom. The second-order valence-corrected chi connectivity index (χ2v) is 10.5. The van der Waals surface area contributed by atoms with Crippen LogP contribution in [0.2, 0.25) is 15.1 Å². The van der Waals surface area contributed by atoms with Crippen LogP contribution >= 0.6 is 34.8 Å². The third-order valence-corrected chi connectivity index (χ3v) is 6.86. The van der Waals surface area contributed by atoms with Gasteiger partial charge in [0.1, 0.15) is 11.4 Å². The number of anilines is 1. The van der Waals surface area contributed by atoms with E-state index >= 15 is 0 Å². The molecule has 0 radical (unpaired) electrons. The lowest BCUT2D eigenvalue weighted by molar-refractivity contribution is 0.0698. The second kappa shape index (κ2) is 9.81. The van der Waals surface area contributed by atoms with Gasteiger partial charge < -0.3 is 14.8 Å². The maximum absolute atomic E-state index is 6.63. The summed E-state index contributed by atoms with van der Waals surface area (Å²) >= 11 is 19.0. The predicted octanol–water partition coefficient (Wildman–Crippen LogP) is 8.49. The highest BCUT2D eigenvalue weighted by molar-refractivity contribution is 6.36. The molecule has 5 rings (SSSR count). The zero-order chi connectivity index (χ0) is 25.4. The van der Waals surface area contributed by atoms with Crippen LogP contribution in [0, 0.1) is 0 Å². The Labute approximate surface area is 225 Å². The molecule has 1 N–H and O–H groups in total. The molecule has 0 bridgehead atoms. The first kappa shape index (κ1) is 24.7. The van der Waals surface area contributed by atoms with E-state index in [1.54, 1.807) is 19.2 Å². The smallest absolute Gasteiger partial charge is 0.219 e. The summed E-state index contributed by atoms with van der Waals surface area (Å²) in [7, 11) is 1.60. The minimum Gasteiger partial charge on any atom is -0.481 e. The van der Waals surface area contributed by atoms with Crippen molar-refractivity contribution < 1.29 is 9.47 Å². The number of nitrogens with zero attached hydrogens (tertiary/aromatic N) is 2. The number of nitrogens with one attached hydrogen (secondary N) is 1. The van der Waals surface area contributed by atoms with Crippen LogP contribution in [0.15, 0.2) is 66.7 Å². The molecule has 3 heterocycles. The second-order valence-electron chi connectivity index (χ2n) is 9.24.